The maximum atomic E-state index is 12.6. The minimum atomic E-state index is -1.93. The fraction of sp³-hybridized carbons (Fsp3) is 0.562. The summed E-state index contributed by atoms with van der Waals surface area (Å²) in [5.41, 5.74) is 9.49. The van der Waals surface area contributed by atoms with Crippen molar-refractivity contribution in [3.05, 3.63) is 28.2 Å². The number of hydrogen-bond acceptors (Lipinski definition) is 10. The van der Waals surface area contributed by atoms with E-state index in [1.807, 2.05) is 5.32 Å². The van der Waals surface area contributed by atoms with Crippen molar-refractivity contribution in [3.8, 4) is 0 Å². The highest BCUT2D eigenvalue weighted by Gasteiger charge is 2.50. The van der Waals surface area contributed by atoms with Crippen LogP contribution in [0.4, 0.5) is 4.79 Å². The Morgan fingerprint density at radius 1 is 1.31 bits per heavy atom. The number of carboxylic acids is 1. The lowest BCUT2D eigenvalue weighted by Crippen LogP contribution is -2.57. The number of aliphatic hydroxyl groups is 4. The van der Waals surface area contributed by atoms with E-state index in [0.29, 0.717) is 11.8 Å². The third kappa shape index (κ3) is 5.17. The van der Waals surface area contributed by atoms with E-state index in [2.05, 4.69) is 4.99 Å². The number of hydrogen-bond donors (Lipinski definition) is 8. The number of nitrogens with one attached hydrogen (secondary N) is 1. The van der Waals surface area contributed by atoms with Crippen LogP contribution in [0.3, 0.4) is 0 Å². The molecule has 1 aliphatic rings. The van der Waals surface area contributed by atoms with E-state index in [4.69, 9.17) is 16.6 Å². The molecule has 1 aromatic rings. The first kappa shape index (κ1) is 25.5. The standard InChI is InChI=1S/C16H24N6O9S/c1-21-6(19-15(18)30)2-3-22(16(21)31)13-10(26)9(25)11(32-13)8(24)7(14(28)29)20-12(27)5(17)4-23/h2-3,5,7-11,13,23-26H,4,17H2,1H3,(H2,18,30)(H,20,27)(H,28,29)/b19-6-/t5-,7+,8+,9+,10+,11+,13+/m0/s1. The Labute approximate surface area is 184 Å². The molecular formula is C16H24N6O9S. The number of aliphatic hydroxyl groups excluding tert-OH is 4. The van der Waals surface area contributed by atoms with E-state index in [1.54, 1.807) is 0 Å². The Hall–Kier alpha value is -2.76. The fourth-order valence-corrected chi connectivity index (χ4v) is 4.61. The Morgan fingerprint density at radius 2 is 1.94 bits per heavy atom. The number of amides is 3. The minimum absolute atomic E-state index is 0.0674. The lowest BCUT2D eigenvalue weighted by Gasteiger charge is -2.27. The van der Waals surface area contributed by atoms with Crippen LogP contribution in [-0.4, -0.2) is 94.8 Å². The zero-order valence-corrected chi connectivity index (χ0v) is 17.5. The quantitative estimate of drug-likeness (QED) is 0.184. The van der Waals surface area contributed by atoms with Crippen LogP contribution in [0.25, 0.3) is 0 Å². The first-order valence-electron chi connectivity index (χ1n) is 9.12. The molecule has 0 radical (unpaired) electrons. The largest absolute Gasteiger partial charge is 0.480 e. The van der Waals surface area contributed by atoms with Crippen LogP contribution in [0.2, 0.25) is 0 Å². The van der Waals surface area contributed by atoms with Crippen molar-refractivity contribution < 1.29 is 39.9 Å². The maximum Gasteiger partial charge on any atom is 0.340 e. The summed E-state index contributed by atoms with van der Waals surface area (Å²) >= 11 is 0.700. The molecule has 0 aliphatic carbocycles. The topological polar surface area (TPSA) is 256 Å². The van der Waals surface area contributed by atoms with Gasteiger partial charge >= 0.3 is 17.7 Å². The predicted molar refractivity (Wildman–Crippen MR) is 108 cm³/mol. The SMILES string of the molecule is Cn1c(=O)n([C@@H]2S[C@H]([C@H](O)[C@@H](NC(=O)[C@@H](N)CO)C(=O)O)[C@H](O)[C@H]2O)cc/c1=N/C(N)=O. The van der Waals surface area contributed by atoms with Crippen molar-refractivity contribution in [2.24, 2.45) is 23.5 Å². The molecule has 7 atom stereocenters. The van der Waals surface area contributed by atoms with Gasteiger partial charge in [-0.3, -0.25) is 13.9 Å². The van der Waals surface area contributed by atoms with Crippen LogP contribution >= 0.6 is 11.8 Å². The molecule has 10 N–H and O–H groups in total. The third-order valence-corrected chi connectivity index (χ3v) is 6.44. The molecule has 178 valence electrons. The number of aromatic nitrogens is 2. The molecule has 32 heavy (non-hydrogen) atoms. The highest BCUT2D eigenvalue weighted by atomic mass is 32.2. The Bertz CT molecular complexity index is 1010. The number of aliphatic carboxylic acids is 1. The number of carbonyl (C=O) groups is 3. The zero-order chi connectivity index (χ0) is 24.3. The summed E-state index contributed by atoms with van der Waals surface area (Å²) in [6.07, 6.45) is -4.02. The molecule has 1 fully saturated rings. The van der Waals surface area contributed by atoms with Crippen LogP contribution in [0.1, 0.15) is 5.37 Å². The molecule has 0 aromatic carbocycles. The second kappa shape index (κ2) is 10.2. The van der Waals surface area contributed by atoms with Crippen LogP contribution in [0.15, 0.2) is 22.1 Å². The molecule has 16 heteroatoms. The monoisotopic (exact) mass is 476 g/mol. The molecule has 0 saturated carbocycles. The van der Waals surface area contributed by atoms with Gasteiger partial charge in [-0.15, -0.1) is 11.8 Å². The van der Waals surface area contributed by atoms with Crippen LogP contribution in [0.5, 0.6) is 0 Å². The van der Waals surface area contributed by atoms with Gasteiger partial charge in [0.1, 0.15) is 23.0 Å². The number of thioether (sulfide) groups is 1. The second-order valence-electron chi connectivity index (χ2n) is 6.95. The summed E-state index contributed by atoms with van der Waals surface area (Å²) in [4.78, 5) is 50.5. The van der Waals surface area contributed by atoms with Gasteiger partial charge in [-0.2, -0.15) is 4.99 Å². The van der Waals surface area contributed by atoms with Gasteiger partial charge < -0.3 is 42.3 Å². The van der Waals surface area contributed by atoms with E-state index in [9.17, 15) is 39.6 Å². The fourth-order valence-electron chi connectivity index (χ4n) is 3.04. The highest BCUT2D eigenvalue weighted by molar-refractivity contribution is 8.00. The van der Waals surface area contributed by atoms with Crippen LogP contribution in [-0.2, 0) is 16.6 Å². The summed E-state index contributed by atoms with van der Waals surface area (Å²) in [6, 6.07) is -3.14. The Morgan fingerprint density at radius 3 is 2.47 bits per heavy atom. The average molecular weight is 476 g/mol. The molecular weight excluding hydrogens is 452 g/mol. The second-order valence-corrected chi connectivity index (χ2v) is 8.25. The van der Waals surface area contributed by atoms with Crippen molar-refractivity contribution >= 4 is 29.7 Å². The Kier molecular flexibility index (Phi) is 8.16. The lowest BCUT2D eigenvalue weighted by atomic mass is 10.00. The minimum Gasteiger partial charge on any atom is -0.480 e. The molecule has 0 unspecified atom stereocenters. The number of nitrogens with two attached hydrogens (primary N) is 2. The van der Waals surface area contributed by atoms with Crippen molar-refractivity contribution in [1.29, 1.82) is 0 Å². The number of carboxylic acid groups (broad SMARTS) is 1. The molecule has 2 heterocycles. The number of rotatable bonds is 7. The molecule has 2 rings (SSSR count). The van der Waals surface area contributed by atoms with E-state index < -0.39 is 71.2 Å². The molecule has 0 spiro atoms. The van der Waals surface area contributed by atoms with Gasteiger partial charge in [-0.05, 0) is 6.07 Å². The number of carbonyl (C=O) groups excluding carboxylic acids is 2. The van der Waals surface area contributed by atoms with Gasteiger partial charge in [0.2, 0.25) is 5.91 Å². The molecule has 0 bridgehead atoms. The first-order chi connectivity index (χ1) is 14.9. The smallest absolute Gasteiger partial charge is 0.340 e. The summed E-state index contributed by atoms with van der Waals surface area (Å²) in [5, 5.41) is 49.2. The lowest BCUT2D eigenvalue weighted by molar-refractivity contribution is -0.146. The maximum absolute atomic E-state index is 12.6. The van der Waals surface area contributed by atoms with E-state index in [1.165, 1.54) is 19.3 Å². The summed E-state index contributed by atoms with van der Waals surface area (Å²) < 4.78 is 1.96. The van der Waals surface area contributed by atoms with Crippen molar-refractivity contribution in [3.63, 3.8) is 0 Å². The number of nitrogens with zero attached hydrogens (tertiary/aromatic N) is 3. The molecule has 3 amide bonds. The predicted octanol–water partition coefficient (Wildman–Crippen LogP) is -5.25. The molecule has 1 aromatic heterocycles. The Balaban J connectivity index is 2.34. The van der Waals surface area contributed by atoms with Gasteiger partial charge in [0.15, 0.2) is 6.04 Å². The van der Waals surface area contributed by atoms with Gasteiger partial charge in [-0.25, -0.2) is 14.4 Å². The molecule has 1 saturated heterocycles. The van der Waals surface area contributed by atoms with Crippen molar-refractivity contribution in [2.45, 2.75) is 41.0 Å². The van der Waals surface area contributed by atoms with Gasteiger partial charge in [0.25, 0.3) is 0 Å². The zero-order valence-electron chi connectivity index (χ0n) is 16.7. The van der Waals surface area contributed by atoms with Gasteiger partial charge in [0.05, 0.1) is 24.1 Å². The van der Waals surface area contributed by atoms with Crippen LogP contribution < -0.4 is 28.0 Å². The third-order valence-electron chi connectivity index (χ3n) is 4.79. The van der Waals surface area contributed by atoms with Crippen LogP contribution in [0, 0.1) is 0 Å². The van der Waals surface area contributed by atoms with Gasteiger partial charge in [0, 0.05) is 13.2 Å². The average Bonchev–Trinajstić information content (AvgIpc) is 3.02. The van der Waals surface area contributed by atoms with E-state index in [0.717, 1.165) is 9.13 Å². The van der Waals surface area contributed by atoms with Crippen molar-refractivity contribution in [1.82, 2.24) is 14.5 Å². The highest BCUT2D eigenvalue weighted by Crippen LogP contribution is 2.43. The summed E-state index contributed by atoms with van der Waals surface area (Å²) in [6.45, 7) is -0.770. The van der Waals surface area contributed by atoms with Gasteiger partial charge in [-0.1, -0.05) is 0 Å². The summed E-state index contributed by atoms with van der Waals surface area (Å²) in [7, 11) is 1.29. The van der Waals surface area contributed by atoms with E-state index in [-0.39, 0.29) is 5.49 Å². The van der Waals surface area contributed by atoms with E-state index >= 15 is 0 Å². The number of primary amides is 1. The number of urea groups is 1. The van der Waals surface area contributed by atoms with Crippen molar-refractivity contribution in [2.75, 3.05) is 6.61 Å². The molecule has 1 aliphatic heterocycles. The normalized spacial score (nSPS) is 26.4. The summed E-state index contributed by atoms with van der Waals surface area (Å²) in [5.74, 6) is -2.70. The first-order valence-corrected chi connectivity index (χ1v) is 10.1. The molecule has 15 nitrogen and oxygen atoms in total.